The normalized spacial score (nSPS) is 19.0. The molecule has 0 saturated heterocycles. The van der Waals surface area contributed by atoms with E-state index in [-0.39, 0.29) is 35.4 Å². The zero-order chi connectivity index (χ0) is 21.3. The number of aromatic hydroxyl groups is 1. The first-order valence-corrected chi connectivity index (χ1v) is 10.2. The minimum absolute atomic E-state index is 0.0114. The molecule has 2 aromatic heterocycles. The van der Waals surface area contributed by atoms with E-state index < -0.39 is 11.5 Å². The van der Waals surface area contributed by atoms with Crippen LogP contribution in [-0.2, 0) is 6.54 Å². The fraction of sp³-hybridized carbons (Fsp3) is 0.348. The highest BCUT2D eigenvalue weighted by molar-refractivity contribution is 6.01. The van der Waals surface area contributed by atoms with Crippen LogP contribution in [0.2, 0.25) is 0 Å². The van der Waals surface area contributed by atoms with Crippen molar-refractivity contribution in [1.82, 2.24) is 14.9 Å². The number of halogens is 1. The number of hydrogen-bond acceptors (Lipinski definition) is 4. The third-order valence-electron chi connectivity index (χ3n) is 5.83. The van der Waals surface area contributed by atoms with E-state index in [1.807, 2.05) is 0 Å². The van der Waals surface area contributed by atoms with Gasteiger partial charge >= 0.3 is 0 Å². The van der Waals surface area contributed by atoms with Crippen LogP contribution in [0.3, 0.4) is 0 Å². The molecule has 0 spiro atoms. The minimum atomic E-state index is -0.621. The van der Waals surface area contributed by atoms with Gasteiger partial charge in [-0.2, -0.15) is 0 Å². The van der Waals surface area contributed by atoms with E-state index in [0.29, 0.717) is 16.9 Å². The number of nitrogens with one attached hydrogen (secondary N) is 1. The highest BCUT2D eigenvalue weighted by atomic mass is 19.1. The smallest absolute Gasteiger partial charge is 0.269 e. The van der Waals surface area contributed by atoms with Gasteiger partial charge in [-0.05, 0) is 61.4 Å². The summed E-state index contributed by atoms with van der Waals surface area (Å²) in [6.45, 7) is 2.29. The molecule has 2 N–H and O–H groups in total. The monoisotopic (exact) mass is 409 g/mol. The van der Waals surface area contributed by atoms with Gasteiger partial charge in [-0.25, -0.2) is 9.37 Å². The molecule has 0 atom stereocenters. The van der Waals surface area contributed by atoms with Crippen LogP contribution in [0.4, 0.5) is 4.39 Å². The SMILES string of the molecule is C[C@H]1CC[C@H](NC(=O)c2c(O)c3cccnc3n(Cc3ccc(F)cc3)c2=O)CC1. The summed E-state index contributed by atoms with van der Waals surface area (Å²) >= 11 is 0. The lowest BCUT2D eigenvalue weighted by Gasteiger charge is -2.27. The second kappa shape index (κ2) is 8.26. The molecule has 1 fully saturated rings. The number of aromatic nitrogens is 2. The van der Waals surface area contributed by atoms with Crippen LogP contribution in [0.15, 0.2) is 47.4 Å². The number of carbonyl (C=O) groups is 1. The predicted molar refractivity (Wildman–Crippen MR) is 112 cm³/mol. The molecule has 1 aromatic carbocycles. The quantitative estimate of drug-likeness (QED) is 0.690. The van der Waals surface area contributed by atoms with Crippen LogP contribution in [-0.4, -0.2) is 26.6 Å². The molecule has 0 bridgehead atoms. The summed E-state index contributed by atoms with van der Waals surface area (Å²) in [5, 5.41) is 14.0. The molecule has 3 aromatic rings. The third-order valence-corrected chi connectivity index (χ3v) is 5.83. The molecule has 7 heteroatoms. The van der Waals surface area contributed by atoms with Crippen molar-refractivity contribution in [3.63, 3.8) is 0 Å². The fourth-order valence-electron chi connectivity index (χ4n) is 4.05. The van der Waals surface area contributed by atoms with Gasteiger partial charge in [0.2, 0.25) is 0 Å². The Morgan fingerprint density at radius 1 is 1.20 bits per heavy atom. The average Bonchev–Trinajstić information content (AvgIpc) is 2.74. The zero-order valence-electron chi connectivity index (χ0n) is 16.8. The Bertz CT molecular complexity index is 1130. The van der Waals surface area contributed by atoms with Gasteiger partial charge in [0.25, 0.3) is 11.5 Å². The number of carbonyl (C=O) groups excluding carboxylic acids is 1. The van der Waals surface area contributed by atoms with E-state index >= 15 is 0 Å². The van der Waals surface area contributed by atoms with Crippen LogP contribution in [0.5, 0.6) is 5.75 Å². The highest BCUT2D eigenvalue weighted by Gasteiger charge is 2.26. The molecular formula is C23H24FN3O3. The molecule has 6 nitrogen and oxygen atoms in total. The van der Waals surface area contributed by atoms with Crippen LogP contribution in [0.1, 0.15) is 48.5 Å². The second-order valence-electron chi connectivity index (χ2n) is 8.05. The van der Waals surface area contributed by atoms with Crippen molar-refractivity contribution >= 4 is 16.9 Å². The van der Waals surface area contributed by atoms with Gasteiger partial charge in [-0.15, -0.1) is 0 Å². The highest BCUT2D eigenvalue weighted by Crippen LogP contribution is 2.27. The number of pyridine rings is 2. The first kappa shape index (κ1) is 20.1. The molecule has 2 heterocycles. The average molecular weight is 409 g/mol. The van der Waals surface area contributed by atoms with E-state index in [1.54, 1.807) is 24.3 Å². The maximum absolute atomic E-state index is 13.3. The summed E-state index contributed by atoms with van der Waals surface area (Å²) in [5.41, 5.74) is 0.0528. The maximum atomic E-state index is 13.3. The summed E-state index contributed by atoms with van der Waals surface area (Å²) in [5.74, 6) is -0.677. The van der Waals surface area contributed by atoms with E-state index in [4.69, 9.17) is 0 Å². The summed E-state index contributed by atoms with van der Waals surface area (Å²) in [4.78, 5) is 30.5. The molecule has 0 aliphatic heterocycles. The molecule has 30 heavy (non-hydrogen) atoms. The van der Waals surface area contributed by atoms with Gasteiger partial charge in [0.15, 0.2) is 0 Å². The largest absolute Gasteiger partial charge is 0.506 e. The lowest BCUT2D eigenvalue weighted by Crippen LogP contribution is -2.40. The molecule has 156 valence electrons. The molecule has 0 radical (unpaired) electrons. The van der Waals surface area contributed by atoms with Gasteiger partial charge in [0, 0.05) is 12.2 Å². The molecule has 1 amide bonds. The van der Waals surface area contributed by atoms with Crippen LogP contribution >= 0.6 is 0 Å². The molecule has 4 rings (SSSR count). The number of fused-ring (bicyclic) bond motifs is 1. The Morgan fingerprint density at radius 3 is 2.60 bits per heavy atom. The van der Waals surface area contributed by atoms with Gasteiger partial charge in [0.05, 0.1) is 11.9 Å². The number of nitrogens with zero attached hydrogens (tertiary/aromatic N) is 2. The van der Waals surface area contributed by atoms with Crippen LogP contribution in [0.25, 0.3) is 11.0 Å². The van der Waals surface area contributed by atoms with Gasteiger partial charge < -0.3 is 10.4 Å². The number of benzene rings is 1. The van der Waals surface area contributed by atoms with E-state index in [0.717, 1.165) is 25.7 Å². The van der Waals surface area contributed by atoms with Crippen LogP contribution in [0, 0.1) is 11.7 Å². The lowest BCUT2D eigenvalue weighted by molar-refractivity contribution is 0.0918. The molecular weight excluding hydrogens is 385 g/mol. The Morgan fingerprint density at radius 2 is 1.90 bits per heavy atom. The van der Waals surface area contributed by atoms with Crippen molar-refractivity contribution in [1.29, 1.82) is 0 Å². The molecule has 1 saturated carbocycles. The van der Waals surface area contributed by atoms with Gasteiger partial charge in [-0.3, -0.25) is 14.2 Å². The summed E-state index contributed by atoms with van der Waals surface area (Å²) < 4.78 is 14.6. The first-order chi connectivity index (χ1) is 14.4. The topological polar surface area (TPSA) is 84.2 Å². The fourth-order valence-corrected chi connectivity index (χ4v) is 4.05. The Balaban J connectivity index is 1.75. The van der Waals surface area contributed by atoms with E-state index in [2.05, 4.69) is 17.2 Å². The Kier molecular flexibility index (Phi) is 5.53. The summed E-state index contributed by atoms with van der Waals surface area (Å²) in [6, 6.07) is 9.03. The lowest BCUT2D eigenvalue weighted by atomic mass is 9.87. The number of amides is 1. The van der Waals surface area contributed by atoms with Crippen LogP contribution < -0.4 is 10.9 Å². The zero-order valence-corrected chi connectivity index (χ0v) is 16.8. The number of hydrogen-bond donors (Lipinski definition) is 2. The van der Waals surface area contributed by atoms with Crippen molar-refractivity contribution in [2.45, 2.75) is 45.2 Å². The summed E-state index contributed by atoms with van der Waals surface area (Å²) in [7, 11) is 0. The van der Waals surface area contributed by atoms with E-state index in [1.165, 1.54) is 22.9 Å². The first-order valence-electron chi connectivity index (χ1n) is 10.2. The molecule has 1 aliphatic rings. The third kappa shape index (κ3) is 3.92. The van der Waals surface area contributed by atoms with Crippen molar-refractivity contribution in [2.75, 3.05) is 0 Å². The molecule has 1 aliphatic carbocycles. The Labute approximate surface area is 173 Å². The summed E-state index contributed by atoms with van der Waals surface area (Å²) in [6.07, 6.45) is 5.27. The van der Waals surface area contributed by atoms with Crippen molar-refractivity contribution < 1.29 is 14.3 Å². The van der Waals surface area contributed by atoms with Gasteiger partial charge in [-0.1, -0.05) is 19.1 Å². The Hall–Kier alpha value is -3.22. The number of rotatable bonds is 4. The van der Waals surface area contributed by atoms with Crippen molar-refractivity contribution in [3.8, 4) is 5.75 Å². The van der Waals surface area contributed by atoms with Crippen molar-refractivity contribution in [2.24, 2.45) is 5.92 Å². The minimum Gasteiger partial charge on any atom is -0.506 e. The second-order valence-corrected chi connectivity index (χ2v) is 8.05. The van der Waals surface area contributed by atoms with Crippen molar-refractivity contribution in [3.05, 3.63) is 69.9 Å². The molecule has 0 unspecified atom stereocenters. The maximum Gasteiger partial charge on any atom is 0.269 e. The standard InChI is InChI=1S/C23H24FN3O3/c1-14-4-10-17(11-5-14)26-22(29)19-20(28)18-3-2-12-25-21(18)27(23(19)30)13-15-6-8-16(24)9-7-15/h2-3,6-9,12,14,17,28H,4-5,10-11,13H2,1H3,(H,26,29)/t14-,17-. The van der Waals surface area contributed by atoms with Gasteiger partial charge in [0.1, 0.15) is 22.8 Å². The predicted octanol–water partition coefficient (Wildman–Crippen LogP) is 3.60. The van der Waals surface area contributed by atoms with E-state index in [9.17, 15) is 19.1 Å².